The molecule has 2 aliphatic rings. The number of hydrogen-bond donors (Lipinski definition) is 5. The number of phenolic OH excluding ortho intramolecular Hbond substituents is 1. The van der Waals surface area contributed by atoms with E-state index in [1.165, 1.54) is 39.1 Å². The van der Waals surface area contributed by atoms with Gasteiger partial charge in [0.2, 0.25) is 11.8 Å². The van der Waals surface area contributed by atoms with E-state index in [4.69, 9.17) is 5.11 Å². The number of aromatic hydroxyl groups is 1. The lowest BCUT2D eigenvalue weighted by atomic mass is 9.98. The number of carboxylic acids is 2. The molecular weight excluding hydrogens is 672 g/mol. The summed E-state index contributed by atoms with van der Waals surface area (Å²) in [5.41, 5.74) is 2.15. The zero-order valence-corrected chi connectivity index (χ0v) is 28.3. The zero-order chi connectivity index (χ0) is 37.4. The number of aliphatic carboxylic acids is 2. The molecule has 2 aliphatic heterocycles. The number of carbonyl (C=O) groups excluding carboxylic acids is 4. The molecule has 272 valence electrons. The molecule has 15 nitrogen and oxygen atoms in total. The largest absolute Gasteiger partial charge is 0.508 e. The van der Waals surface area contributed by atoms with Crippen molar-refractivity contribution in [2.24, 2.45) is 0 Å². The van der Waals surface area contributed by atoms with Gasteiger partial charge in [0.05, 0.1) is 13.1 Å². The number of phenols is 1. The number of amides is 5. The fourth-order valence-corrected chi connectivity index (χ4v) is 6.35. The predicted octanol–water partition coefficient (Wildman–Crippen LogP) is 2.18. The fraction of sp³-hybridized carbons (Fsp3) is 0.297. The molecule has 5 amide bonds. The van der Waals surface area contributed by atoms with Crippen LogP contribution in [-0.2, 0) is 38.7 Å². The van der Waals surface area contributed by atoms with E-state index < -0.39 is 54.5 Å². The number of carbonyl (C=O) groups is 6. The quantitative estimate of drug-likeness (QED) is 0.154. The van der Waals surface area contributed by atoms with Crippen molar-refractivity contribution in [3.8, 4) is 5.75 Å². The van der Waals surface area contributed by atoms with E-state index in [2.05, 4.69) is 17.2 Å². The number of hydrazine groups is 1. The number of hydrogen-bond acceptors (Lipinski definition) is 8. The lowest BCUT2D eigenvalue weighted by Crippen LogP contribution is -2.76. The third-order valence-corrected chi connectivity index (χ3v) is 8.84. The molecular formula is C37H40N6O9. The van der Waals surface area contributed by atoms with Crippen LogP contribution in [0.3, 0.4) is 0 Å². The van der Waals surface area contributed by atoms with E-state index in [0.717, 1.165) is 5.56 Å². The van der Waals surface area contributed by atoms with Crippen LogP contribution in [0.2, 0.25) is 0 Å². The Labute approximate surface area is 299 Å². The van der Waals surface area contributed by atoms with Crippen LogP contribution in [0.5, 0.6) is 5.75 Å². The molecule has 0 spiro atoms. The zero-order valence-electron chi connectivity index (χ0n) is 28.3. The van der Waals surface area contributed by atoms with Crippen molar-refractivity contribution in [2.45, 2.75) is 50.6 Å². The highest BCUT2D eigenvalue weighted by Gasteiger charge is 2.51. The van der Waals surface area contributed by atoms with E-state index in [0.29, 0.717) is 11.1 Å². The van der Waals surface area contributed by atoms with E-state index in [1.807, 2.05) is 30.3 Å². The number of nitrogens with zero attached hydrogens (tertiary/aromatic N) is 4. The maximum Gasteiger partial charge on any atom is 0.334 e. The van der Waals surface area contributed by atoms with Crippen LogP contribution in [0, 0.1) is 0 Å². The molecule has 5 rings (SSSR count). The van der Waals surface area contributed by atoms with Crippen molar-refractivity contribution < 1.29 is 44.1 Å². The van der Waals surface area contributed by atoms with Crippen LogP contribution in [0.1, 0.15) is 39.9 Å². The van der Waals surface area contributed by atoms with Gasteiger partial charge in [-0.2, -0.15) is 0 Å². The minimum absolute atomic E-state index is 0.0210. The lowest BCUT2D eigenvalue weighted by molar-refractivity contribution is -0.189. The summed E-state index contributed by atoms with van der Waals surface area (Å²) in [7, 11) is 0. The minimum Gasteiger partial charge on any atom is -0.508 e. The number of urea groups is 1. The second-order valence-electron chi connectivity index (χ2n) is 12.5. The Hall–Kier alpha value is -6.22. The first-order valence-corrected chi connectivity index (χ1v) is 16.6. The van der Waals surface area contributed by atoms with Crippen LogP contribution in [-0.4, -0.2) is 109 Å². The van der Waals surface area contributed by atoms with Crippen LogP contribution >= 0.6 is 0 Å². The number of fused-ring (bicyclic) bond motifs is 1. The van der Waals surface area contributed by atoms with Gasteiger partial charge in [-0.3, -0.25) is 19.2 Å². The van der Waals surface area contributed by atoms with E-state index in [-0.39, 0.29) is 62.8 Å². The summed E-state index contributed by atoms with van der Waals surface area (Å²) in [5.74, 6) is -4.03. The first-order valence-electron chi connectivity index (χ1n) is 16.6. The first kappa shape index (κ1) is 37.0. The fourth-order valence-electron chi connectivity index (χ4n) is 6.35. The molecule has 52 heavy (non-hydrogen) atoms. The number of nitrogens with one attached hydrogen (secondary N) is 2. The van der Waals surface area contributed by atoms with E-state index in [1.54, 1.807) is 35.4 Å². The van der Waals surface area contributed by atoms with Gasteiger partial charge in [-0.15, -0.1) is 6.58 Å². The molecule has 15 heteroatoms. The number of carboxylic acid groups (broad SMARTS) is 2. The summed E-state index contributed by atoms with van der Waals surface area (Å²) in [5, 5.41) is 36.7. The lowest BCUT2D eigenvalue weighted by Gasteiger charge is -2.55. The van der Waals surface area contributed by atoms with Gasteiger partial charge in [-0.25, -0.2) is 19.6 Å². The first-order chi connectivity index (χ1) is 24.9. The van der Waals surface area contributed by atoms with Crippen molar-refractivity contribution >= 4 is 35.7 Å². The highest BCUT2D eigenvalue weighted by Crippen LogP contribution is 2.30. The standard InChI is InChI=1S/C37H40N6O9/c1-2-17-41-23-32(45)42-30(19-24-11-13-28(44)14-12-24)35(49)40(22-31(42)43(41)37(52)38-20-25-7-4-3-5-8-25)21-26-9-6-10-27(18-26)34(48)39-29(36(50)51)15-16-33(46)47/h2-14,18,29-31,44H,1,15-17,19-23H2,(H,38,52)(H,39,48)(H,46,47)(H,50,51)/t29?,30-,31-/m0/s1. The van der Waals surface area contributed by atoms with Gasteiger partial charge < -0.3 is 35.8 Å². The Morgan fingerprint density at radius 2 is 1.63 bits per heavy atom. The Kier molecular flexibility index (Phi) is 11.9. The van der Waals surface area contributed by atoms with Gasteiger partial charge in [0, 0.05) is 38.0 Å². The Bertz CT molecular complexity index is 1820. The Morgan fingerprint density at radius 3 is 2.31 bits per heavy atom. The van der Waals surface area contributed by atoms with Gasteiger partial charge in [0.1, 0.15) is 24.0 Å². The molecule has 2 heterocycles. The molecule has 1 unspecified atom stereocenters. The van der Waals surface area contributed by atoms with Crippen LogP contribution in [0.15, 0.2) is 91.5 Å². The third-order valence-electron chi connectivity index (χ3n) is 8.84. The molecule has 2 saturated heterocycles. The summed E-state index contributed by atoms with van der Waals surface area (Å²) in [6.45, 7) is 3.91. The third kappa shape index (κ3) is 8.92. The van der Waals surface area contributed by atoms with Crippen LogP contribution in [0.4, 0.5) is 4.79 Å². The molecule has 3 aromatic rings. The number of rotatable bonds is 14. The van der Waals surface area contributed by atoms with Crippen molar-refractivity contribution in [1.29, 1.82) is 0 Å². The van der Waals surface area contributed by atoms with Crippen molar-refractivity contribution in [3.05, 3.63) is 114 Å². The van der Waals surface area contributed by atoms with E-state index >= 15 is 0 Å². The molecule has 5 N–H and O–H groups in total. The Balaban J connectivity index is 1.45. The van der Waals surface area contributed by atoms with Crippen LogP contribution in [0.25, 0.3) is 0 Å². The van der Waals surface area contributed by atoms with Gasteiger partial charge in [-0.1, -0.05) is 60.7 Å². The van der Waals surface area contributed by atoms with Crippen molar-refractivity contribution in [3.63, 3.8) is 0 Å². The van der Waals surface area contributed by atoms with Crippen molar-refractivity contribution in [1.82, 2.24) is 30.5 Å². The number of benzene rings is 3. The van der Waals surface area contributed by atoms with E-state index in [9.17, 15) is 39.0 Å². The maximum absolute atomic E-state index is 14.3. The summed E-state index contributed by atoms with van der Waals surface area (Å²) in [6.07, 6.45) is -0.0167. The predicted molar refractivity (Wildman–Crippen MR) is 186 cm³/mol. The van der Waals surface area contributed by atoms with Gasteiger partial charge in [-0.05, 0) is 47.4 Å². The summed E-state index contributed by atoms with van der Waals surface area (Å²) in [4.78, 5) is 80.8. The maximum atomic E-state index is 14.3. The topological polar surface area (TPSA) is 200 Å². The second kappa shape index (κ2) is 16.7. The number of piperazine rings is 1. The average molecular weight is 713 g/mol. The highest BCUT2D eigenvalue weighted by molar-refractivity contribution is 5.97. The second-order valence-corrected chi connectivity index (χ2v) is 12.5. The molecule has 0 radical (unpaired) electrons. The molecule has 3 aromatic carbocycles. The van der Waals surface area contributed by atoms with Crippen LogP contribution < -0.4 is 10.6 Å². The molecule has 0 saturated carbocycles. The normalized spacial score (nSPS) is 18.0. The minimum atomic E-state index is -1.43. The average Bonchev–Trinajstić information content (AvgIpc) is 3.12. The highest BCUT2D eigenvalue weighted by atomic mass is 16.4. The molecule has 3 atom stereocenters. The molecule has 0 aliphatic carbocycles. The molecule has 0 bridgehead atoms. The molecule has 0 aromatic heterocycles. The molecule has 2 fully saturated rings. The van der Waals surface area contributed by atoms with Gasteiger partial charge in [0.25, 0.3) is 5.91 Å². The summed E-state index contributed by atoms with van der Waals surface area (Å²) >= 11 is 0. The van der Waals surface area contributed by atoms with Gasteiger partial charge in [0.15, 0.2) is 0 Å². The SMILES string of the molecule is C=CCN1CC(=O)N2[C@@H](Cc3ccc(O)cc3)C(=O)N(Cc3cccc(C(=O)NC(CCC(=O)O)C(=O)O)c3)C[C@@H]2N1C(=O)NCc1ccccc1. The summed E-state index contributed by atoms with van der Waals surface area (Å²) in [6, 6.07) is 18.9. The van der Waals surface area contributed by atoms with Crippen molar-refractivity contribution in [2.75, 3.05) is 19.6 Å². The Morgan fingerprint density at radius 1 is 0.923 bits per heavy atom. The monoisotopic (exact) mass is 712 g/mol. The van der Waals surface area contributed by atoms with Gasteiger partial charge >= 0.3 is 18.0 Å². The summed E-state index contributed by atoms with van der Waals surface area (Å²) < 4.78 is 0. The smallest absolute Gasteiger partial charge is 0.334 e.